The Labute approximate surface area is 96.3 Å². The molecule has 0 bridgehead atoms. The van der Waals surface area contributed by atoms with Crippen LogP contribution in [0.25, 0.3) is 0 Å². The number of hydrogen-bond acceptors (Lipinski definition) is 3. The Morgan fingerprint density at radius 2 is 1.94 bits per heavy atom. The van der Waals surface area contributed by atoms with Crippen molar-refractivity contribution in [2.75, 3.05) is 0 Å². The van der Waals surface area contributed by atoms with E-state index in [0.717, 1.165) is 11.4 Å². The van der Waals surface area contributed by atoms with Gasteiger partial charge in [-0.2, -0.15) is 5.10 Å². The van der Waals surface area contributed by atoms with E-state index in [-0.39, 0.29) is 11.8 Å². The van der Waals surface area contributed by atoms with Crippen LogP contribution < -0.4 is 0 Å². The molecule has 90 valence electrons. The highest BCUT2D eigenvalue weighted by molar-refractivity contribution is 5.81. The molecule has 0 aliphatic rings. The number of aliphatic hydroxyl groups excluding tert-OH is 1. The molecule has 1 aromatic rings. The van der Waals surface area contributed by atoms with Gasteiger partial charge in [0.15, 0.2) is 0 Å². The van der Waals surface area contributed by atoms with E-state index in [1.54, 1.807) is 6.92 Å². The molecule has 4 nitrogen and oxygen atoms in total. The summed E-state index contributed by atoms with van der Waals surface area (Å²) >= 11 is 0. The van der Waals surface area contributed by atoms with Crippen molar-refractivity contribution in [1.82, 2.24) is 9.78 Å². The number of rotatable bonds is 3. The second kappa shape index (κ2) is 4.78. The minimum Gasteiger partial charge on any atom is -0.392 e. The highest BCUT2D eigenvalue weighted by Crippen LogP contribution is 2.15. The molecule has 0 spiro atoms. The number of carbonyl (C=O) groups excluding carboxylic acids is 1. The first kappa shape index (κ1) is 12.9. The normalized spacial score (nSPS) is 15.2. The van der Waals surface area contributed by atoms with Crippen molar-refractivity contribution in [2.24, 2.45) is 11.8 Å². The zero-order chi connectivity index (χ0) is 12.5. The summed E-state index contributed by atoms with van der Waals surface area (Å²) in [5.74, 6) is -0.513. The number of aromatic nitrogens is 2. The molecular weight excluding hydrogens is 204 g/mol. The summed E-state index contributed by atoms with van der Waals surface area (Å²) in [5.41, 5.74) is 1.63. The number of aliphatic hydroxyl groups is 1. The van der Waals surface area contributed by atoms with Gasteiger partial charge < -0.3 is 5.11 Å². The highest BCUT2D eigenvalue weighted by atomic mass is 16.3. The standard InChI is InChI=1S/C12H20N2O2/c1-7(2)11(15)10(5)12(16)14-9(4)6-8(3)13-14/h6-7,10-11,15H,1-5H3/t10-,11-/m0/s1. The van der Waals surface area contributed by atoms with E-state index in [9.17, 15) is 9.90 Å². The van der Waals surface area contributed by atoms with E-state index < -0.39 is 12.0 Å². The topological polar surface area (TPSA) is 55.1 Å². The maximum Gasteiger partial charge on any atom is 0.252 e. The van der Waals surface area contributed by atoms with Gasteiger partial charge in [-0.3, -0.25) is 4.79 Å². The summed E-state index contributed by atoms with van der Waals surface area (Å²) in [5, 5.41) is 14.0. The first-order valence-electron chi connectivity index (χ1n) is 5.60. The zero-order valence-corrected chi connectivity index (χ0v) is 10.6. The first-order chi connectivity index (χ1) is 7.34. The van der Waals surface area contributed by atoms with Gasteiger partial charge in [0.1, 0.15) is 0 Å². The average molecular weight is 224 g/mol. The fourth-order valence-corrected chi connectivity index (χ4v) is 1.77. The van der Waals surface area contributed by atoms with Crippen molar-refractivity contribution in [3.63, 3.8) is 0 Å². The van der Waals surface area contributed by atoms with E-state index in [1.807, 2.05) is 33.8 Å². The average Bonchev–Trinajstić information content (AvgIpc) is 2.54. The molecule has 16 heavy (non-hydrogen) atoms. The van der Waals surface area contributed by atoms with Crippen LogP contribution >= 0.6 is 0 Å². The van der Waals surface area contributed by atoms with Crippen LogP contribution in [-0.4, -0.2) is 26.9 Å². The van der Waals surface area contributed by atoms with Crippen LogP contribution in [0.4, 0.5) is 0 Å². The fourth-order valence-electron chi connectivity index (χ4n) is 1.77. The van der Waals surface area contributed by atoms with Crippen LogP contribution in [-0.2, 0) is 0 Å². The van der Waals surface area contributed by atoms with Gasteiger partial charge >= 0.3 is 0 Å². The quantitative estimate of drug-likeness (QED) is 0.851. The molecule has 1 aromatic heterocycles. The molecule has 0 aliphatic heterocycles. The molecule has 0 fully saturated rings. The summed E-state index contributed by atoms with van der Waals surface area (Å²) in [4.78, 5) is 12.1. The van der Waals surface area contributed by atoms with Crippen LogP contribution in [0.5, 0.6) is 0 Å². The molecule has 0 amide bonds. The van der Waals surface area contributed by atoms with E-state index in [1.165, 1.54) is 4.68 Å². The molecule has 1 rings (SSSR count). The van der Waals surface area contributed by atoms with Gasteiger partial charge in [0.05, 0.1) is 17.7 Å². The lowest BCUT2D eigenvalue weighted by molar-refractivity contribution is 0.0466. The fraction of sp³-hybridized carbons (Fsp3) is 0.667. The number of hydrogen-bond donors (Lipinski definition) is 1. The predicted molar refractivity (Wildman–Crippen MR) is 62.3 cm³/mol. The molecule has 2 atom stereocenters. The molecule has 0 radical (unpaired) electrons. The number of carbonyl (C=O) groups is 1. The monoisotopic (exact) mass is 224 g/mol. The number of nitrogens with zero attached hydrogens (tertiary/aromatic N) is 2. The molecule has 1 heterocycles. The first-order valence-corrected chi connectivity index (χ1v) is 5.60. The highest BCUT2D eigenvalue weighted by Gasteiger charge is 2.27. The minimum atomic E-state index is -0.628. The lowest BCUT2D eigenvalue weighted by atomic mass is 9.94. The summed E-state index contributed by atoms with van der Waals surface area (Å²) < 4.78 is 1.38. The van der Waals surface area contributed by atoms with Crippen molar-refractivity contribution < 1.29 is 9.90 Å². The lowest BCUT2D eigenvalue weighted by Gasteiger charge is -2.21. The summed E-state index contributed by atoms with van der Waals surface area (Å²) in [7, 11) is 0. The van der Waals surface area contributed by atoms with Gasteiger partial charge in [-0.15, -0.1) is 0 Å². The Hall–Kier alpha value is -1.16. The largest absolute Gasteiger partial charge is 0.392 e. The van der Waals surface area contributed by atoms with Crippen LogP contribution in [0.15, 0.2) is 6.07 Å². The molecule has 0 saturated carbocycles. The smallest absolute Gasteiger partial charge is 0.252 e. The van der Waals surface area contributed by atoms with Crippen molar-refractivity contribution >= 4 is 5.91 Å². The van der Waals surface area contributed by atoms with Crippen LogP contribution in [0, 0.1) is 25.7 Å². The molecule has 4 heteroatoms. The van der Waals surface area contributed by atoms with Crippen LogP contribution in [0.3, 0.4) is 0 Å². The van der Waals surface area contributed by atoms with Gasteiger partial charge in [-0.1, -0.05) is 20.8 Å². The molecule has 0 aromatic carbocycles. The van der Waals surface area contributed by atoms with Crippen molar-refractivity contribution in [3.8, 4) is 0 Å². The van der Waals surface area contributed by atoms with Gasteiger partial charge in [0.2, 0.25) is 0 Å². The van der Waals surface area contributed by atoms with Gasteiger partial charge in [0.25, 0.3) is 5.91 Å². The maximum absolute atomic E-state index is 12.1. The van der Waals surface area contributed by atoms with E-state index >= 15 is 0 Å². The predicted octanol–water partition coefficient (Wildman–Crippen LogP) is 1.79. The Morgan fingerprint density at radius 1 is 1.38 bits per heavy atom. The lowest BCUT2D eigenvalue weighted by Crippen LogP contribution is -2.34. The third-order valence-electron chi connectivity index (χ3n) is 2.80. The zero-order valence-electron chi connectivity index (χ0n) is 10.6. The third-order valence-corrected chi connectivity index (χ3v) is 2.80. The van der Waals surface area contributed by atoms with Gasteiger partial charge in [-0.25, -0.2) is 4.68 Å². The summed E-state index contributed by atoms with van der Waals surface area (Å²) in [6.07, 6.45) is -0.628. The maximum atomic E-state index is 12.1. The Kier molecular flexibility index (Phi) is 3.86. The van der Waals surface area contributed by atoms with E-state index in [2.05, 4.69) is 5.10 Å². The Balaban J connectivity index is 2.90. The second-order valence-electron chi connectivity index (χ2n) is 4.70. The van der Waals surface area contributed by atoms with Crippen molar-refractivity contribution in [1.29, 1.82) is 0 Å². The SMILES string of the molecule is Cc1cc(C)n(C(=O)[C@@H](C)[C@@H](O)C(C)C)n1. The molecular formula is C12H20N2O2. The van der Waals surface area contributed by atoms with Gasteiger partial charge in [0, 0.05) is 5.69 Å². The molecule has 0 unspecified atom stereocenters. The molecule has 1 N–H and O–H groups in total. The van der Waals surface area contributed by atoms with Crippen molar-refractivity contribution in [3.05, 3.63) is 17.5 Å². The molecule has 0 aliphatic carbocycles. The Morgan fingerprint density at radius 3 is 2.31 bits per heavy atom. The van der Waals surface area contributed by atoms with Crippen LogP contribution in [0.1, 0.15) is 37.0 Å². The third kappa shape index (κ3) is 2.50. The van der Waals surface area contributed by atoms with Crippen molar-refractivity contribution in [2.45, 2.75) is 40.7 Å². The summed E-state index contributed by atoms with van der Waals surface area (Å²) in [6.45, 7) is 9.22. The van der Waals surface area contributed by atoms with Crippen LogP contribution in [0.2, 0.25) is 0 Å². The summed E-state index contributed by atoms with van der Waals surface area (Å²) in [6, 6.07) is 1.85. The minimum absolute atomic E-state index is 0.0657. The molecule has 0 saturated heterocycles. The van der Waals surface area contributed by atoms with E-state index in [4.69, 9.17) is 0 Å². The second-order valence-corrected chi connectivity index (χ2v) is 4.70. The Bertz CT molecular complexity index is 382. The van der Waals surface area contributed by atoms with Gasteiger partial charge in [-0.05, 0) is 25.8 Å². The number of aryl methyl sites for hydroxylation is 2. The van der Waals surface area contributed by atoms with E-state index in [0.29, 0.717) is 0 Å².